The van der Waals surface area contributed by atoms with E-state index in [4.69, 9.17) is 32.7 Å². The molecule has 0 aromatic heterocycles. The third-order valence-corrected chi connectivity index (χ3v) is 5.56. The molecule has 3 rings (SSSR count). The van der Waals surface area contributed by atoms with E-state index in [9.17, 15) is 0 Å². The predicted octanol–water partition coefficient (Wildman–Crippen LogP) is 6.78. The van der Waals surface area contributed by atoms with Crippen molar-refractivity contribution in [3.05, 3.63) is 45.9 Å². The Hall–Kier alpha value is -1.78. The molecule has 6 heteroatoms. The van der Waals surface area contributed by atoms with E-state index in [0.29, 0.717) is 29.7 Å². The monoisotopic (exact) mass is 436 g/mol. The highest BCUT2D eigenvalue weighted by Gasteiger charge is 2.15. The number of benzene rings is 2. The molecule has 0 aliphatic carbocycles. The first kappa shape index (κ1) is 21.9. The smallest absolute Gasteiger partial charge is 0.163 e. The molecule has 0 unspecified atom stereocenters. The predicted molar refractivity (Wildman–Crippen MR) is 123 cm³/mol. The zero-order chi connectivity index (χ0) is 20.8. The summed E-state index contributed by atoms with van der Waals surface area (Å²) in [6, 6.07) is 9.93. The van der Waals surface area contributed by atoms with Gasteiger partial charge in [-0.1, -0.05) is 23.2 Å². The average Bonchev–Trinajstić information content (AvgIpc) is 2.69. The first-order chi connectivity index (χ1) is 14.0. The fourth-order valence-electron chi connectivity index (χ4n) is 3.53. The van der Waals surface area contributed by atoms with Crippen molar-refractivity contribution in [2.75, 3.05) is 29.9 Å². The zero-order valence-corrected chi connectivity index (χ0v) is 18.9. The van der Waals surface area contributed by atoms with Gasteiger partial charge in [-0.15, -0.1) is 0 Å². The van der Waals surface area contributed by atoms with Crippen LogP contribution in [0.2, 0.25) is 10.0 Å². The summed E-state index contributed by atoms with van der Waals surface area (Å²) in [5.41, 5.74) is 3.03. The van der Waals surface area contributed by atoms with Gasteiger partial charge < -0.3 is 19.7 Å². The van der Waals surface area contributed by atoms with Gasteiger partial charge in [0.05, 0.1) is 23.4 Å². The van der Waals surface area contributed by atoms with E-state index in [2.05, 4.69) is 22.3 Å². The van der Waals surface area contributed by atoms with Crippen LogP contribution in [0.1, 0.15) is 45.6 Å². The van der Waals surface area contributed by atoms with Gasteiger partial charge in [-0.05, 0) is 69.9 Å². The molecule has 1 N–H and O–H groups in total. The molecular formula is C23H30Cl2N2O2. The van der Waals surface area contributed by atoms with Crippen molar-refractivity contribution in [2.24, 2.45) is 0 Å². The van der Waals surface area contributed by atoms with Gasteiger partial charge in [-0.3, -0.25) is 0 Å². The molecule has 0 radical (unpaired) electrons. The minimum Gasteiger partial charge on any atom is -0.490 e. The lowest BCUT2D eigenvalue weighted by Crippen LogP contribution is -2.29. The molecule has 29 heavy (non-hydrogen) atoms. The Morgan fingerprint density at radius 3 is 2.41 bits per heavy atom. The lowest BCUT2D eigenvalue weighted by atomic mass is 10.1. The molecule has 0 saturated carbocycles. The van der Waals surface area contributed by atoms with E-state index >= 15 is 0 Å². The largest absolute Gasteiger partial charge is 0.490 e. The van der Waals surface area contributed by atoms with Crippen LogP contribution in [0.15, 0.2) is 30.3 Å². The lowest BCUT2D eigenvalue weighted by Gasteiger charge is -2.29. The average molecular weight is 437 g/mol. The summed E-state index contributed by atoms with van der Waals surface area (Å²) in [7, 11) is 0. The molecule has 1 aliphatic heterocycles. The molecule has 1 fully saturated rings. The summed E-state index contributed by atoms with van der Waals surface area (Å²) in [6.07, 6.45) is 3.81. The van der Waals surface area contributed by atoms with Crippen LogP contribution in [0, 0.1) is 0 Å². The van der Waals surface area contributed by atoms with Crippen molar-refractivity contribution in [3.63, 3.8) is 0 Å². The number of halogens is 2. The van der Waals surface area contributed by atoms with Crippen LogP contribution in [-0.4, -0.2) is 25.8 Å². The van der Waals surface area contributed by atoms with Gasteiger partial charge in [-0.25, -0.2) is 0 Å². The molecule has 0 atom stereocenters. The Kier molecular flexibility index (Phi) is 7.79. The topological polar surface area (TPSA) is 33.7 Å². The quantitative estimate of drug-likeness (QED) is 0.494. The Balaban J connectivity index is 1.71. The molecule has 2 aromatic rings. The van der Waals surface area contributed by atoms with Crippen molar-refractivity contribution in [1.29, 1.82) is 0 Å². The second-order valence-electron chi connectivity index (χ2n) is 7.56. The molecular weight excluding hydrogens is 407 g/mol. The first-order valence-electron chi connectivity index (χ1n) is 10.4. The molecule has 1 saturated heterocycles. The van der Waals surface area contributed by atoms with E-state index in [1.165, 1.54) is 19.3 Å². The van der Waals surface area contributed by atoms with Gasteiger partial charge in [-0.2, -0.15) is 0 Å². The standard InChI is InChI=1S/C23H30Cl2N2O2/c1-4-28-22-12-17(19(24)14-23(22)29-16(2)3)15-26-18-8-9-21(20(25)13-18)27-10-6-5-7-11-27/h8-9,12-14,16,26H,4-7,10-11,15H2,1-3H3. The molecule has 1 aliphatic rings. The SMILES string of the molecule is CCOc1cc(CNc2ccc(N3CCCCC3)c(Cl)c2)c(Cl)cc1OC(C)C. The summed E-state index contributed by atoms with van der Waals surface area (Å²) < 4.78 is 11.6. The third kappa shape index (κ3) is 5.86. The van der Waals surface area contributed by atoms with Gasteiger partial charge in [0.15, 0.2) is 11.5 Å². The van der Waals surface area contributed by atoms with Gasteiger partial charge in [0.25, 0.3) is 0 Å². The Bertz CT molecular complexity index is 821. The number of rotatable bonds is 8. The van der Waals surface area contributed by atoms with Crippen LogP contribution in [0.25, 0.3) is 0 Å². The highest BCUT2D eigenvalue weighted by atomic mass is 35.5. The first-order valence-corrected chi connectivity index (χ1v) is 11.1. The van der Waals surface area contributed by atoms with Gasteiger partial charge >= 0.3 is 0 Å². The van der Waals surface area contributed by atoms with Crippen molar-refractivity contribution in [3.8, 4) is 11.5 Å². The maximum absolute atomic E-state index is 6.57. The minimum atomic E-state index is 0.0507. The summed E-state index contributed by atoms with van der Waals surface area (Å²) >= 11 is 13.1. The number of nitrogens with one attached hydrogen (secondary N) is 1. The number of hydrogen-bond donors (Lipinski definition) is 1. The van der Waals surface area contributed by atoms with E-state index in [-0.39, 0.29) is 6.10 Å². The van der Waals surface area contributed by atoms with Crippen LogP contribution in [0.4, 0.5) is 11.4 Å². The van der Waals surface area contributed by atoms with Crippen LogP contribution in [-0.2, 0) is 6.54 Å². The highest BCUT2D eigenvalue weighted by molar-refractivity contribution is 6.33. The Morgan fingerprint density at radius 2 is 1.76 bits per heavy atom. The fraction of sp³-hybridized carbons (Fsp3) is 0.478. The Morgan fingerprint density at radius 1 is 1.00 bits per heavy atom. The molecule has 0 bridgehead atoms. The molecule has 0 spiro atoms. The van der Waals surface area contributed by atoms with Crippen LogP contribution in [0.3, 0.4) is 0 Å². The number of nitrogens with zero attached hydrogens (tertiary/aromatic N) is 1. The second-order valence-corrected chi connectivity index (χ2v) is 8.37. The molecule has 0 amide bonds. The van der Waals surface area contributed by atoms with Gasteiger partial charge in [0.1, 0.15) is 0 Å². The Labute approximate surface area is 184 Å². The number of anilines is 2. The summed E-state index contributed by atoms with van der Waals surface area (Å²) in [5, 5.41) is 4.84. The molecule has 2 aromatic carbocycles. The summed E-state index contributed by atoms with van der Waals surface area (Å²) in [6.45, 7) is 9.21. The van der Waals surface area contributed by atoms with Crippen LogP contribution >= 0.6 is 23.2 Å². The van der Waals surface area contributed by atoms with E-state index in [1.54, 1.807) is 0 Å². The van der Waals surface area contributed by atoms with Crippen molar-refractivity contribution in [1.82, 2.24) is 0 Å². The van der Waals surface area contributed by atoms with Crippen LogP contribution in [0.5, 0.6) is 11.5 Å². The molecule has 1 heterocycles. The second kappa shape index (κ2) is 10.3. The minimum absolute atomic E-state index is 0.0507. The van der Waals surface area contributed by atoms with Crippen molar-refractivity contribution >= 4 is 34.6 Å². The van der Waals surface area contributed by atoms with E-state index in [1.807, 2.05) is 39.0 Å². The zero-order valence-electron chi connectivity index (χ0n) is 17.4. The summed E-state index contributed by atoms with van der Waals surface area (Å²) in [4.78, 5) is 2.37. The molecule has 4 nitrogen and oxygen atoms in total. The number of ether oxygens (including phenoxy) is 2. The lowest BCUT2D eigenvalue weighted by molar-refractivity contribution is 0.224. The molecule has 158 valence electrons. The van der Waals surface area contributed by atoms with Gasteiger partial charge in [0.2, 0.25) is 0 Å². The van der Waals surface area contributed by atoms with Gasteiger partial charge in [0, 0.05) is 36.4 Å². The van der Waals surface area contributed by atoms with Crippen molar-refractivity contribution in [2.45, 2.75) is 52.7 Å². The van der Waals surface area contributed by atoms with E-state index in [0.717, 1.165) is 35.1 Å². The number of piperidine rings is 1. The van der Waals surface area contributed by atoms with Crippen LogP contribution < -0.4 is 19.7 Å². The maximum atomic E-state index is 6.57. The maximum Gasteiger partial charge on any atom is 0.163 e. The number of hydrogen-bond acceptors (Lipinski definition) is 4. The third-order valence-electron chi connectivity index (χ3n) is 4.90. The highest BCUT2D eigenvalue weighted by Crippen LogP contribution is 2.35. The normalized spacial score (nSPS) is 14.2. The fourth-order valence-corrected chi connectivity index (χ4v) is 4.05. The van der Waals surface area contributed by atoms with E-state index < -0.39 is 0 Å². The summed E-state index contributed by atoms with van der Waals surface area (Å²) in [5.74, 6) is 1.38. The van der Waals surface area contributed by atoms with Crippen molar-refractivity contribution < 1.29 is 9.47 Å².